The van der Waals surface area contributed by atoms with Crippen LogP contribution in [0, 0.1) is 0 Å². The Morgan fingerprint density at radius 2 is 1.49 bits per heavy atom. The molecule has 35 heavy (non-hydrogen) atoms. The summed E-state index contributed by atoms with van der Waals surface area (Å²) in [4.78, 5) is 31.2. The van der Waals surface area contributed by atoms with Crippen molar-refractivity contribution in [2.45, 2.75) is 25.4 Å². The Morgan fingerprint density at radius 1 is 0.971 bits per heavy atom. The van der Waals surface area contributed by atoms with E-state index in [0.29, 0.717) is 5.88 Å². The first-order valence-corrected chi connectivity index (χ1v) is 9.62. The lowest BCUT2D eigenvalue weighted by molar-refractivity contribution is -0.193. The zero-order valence-electron chi connectivity index (χ0n) is 18.5. The lowest BCUT2D eigenvalue weighted by Gasteiger charge is -2.21. The number of halogens is 6. The topological polar surface area (TPSA) is 116 Å². The average Bonchev–Trinajstić information content (AvgIpc) is 2.92. The number of methoxy groups -OCH3 is 1. The molecule has 15 heteroatoms. The van der Waals surface area contributed by atoms with Crippen LogP contribution in [0.2, 0.25) is 0 Å². The minimum Gasteiger partial charge on any atom is -0.481 e. The van der Waals surface area contributed by atoms with Crippen LogP contribution in [0.5, 0.6) is 5.88 Å². The molecule has 3 heterocycles. The third-order valence-electron chi connectivity index (χ3n) is 4.30. The van der Waals surface area contributed by atoms with Crippen LogP contribution in [-0.2, 0) is 22.7 Å². The third kappa shape index (κ3) is 10.0. The molecule has 0 aliphatic carbocycles. The Labute approximate surface area is 195 Å². The normalized spacial score (nSPS) is 13.8. The Morgan fingerprint density at radius 3 is 2.00 bits per heavy atom. The number of aliphatic carboxylic acids is 2. The highest BCUT2D eigenvalue weighted by molar-refractivity contribution is 5.73. The van der Waals surface area contributed by atoms with Gasteiger partial charge in [-0.05, 0) is 12.1 Å². The number of hydrogen-bond donors (Lipinski definition) is 2. The number of aromatic nitrogens is 2. The maximum Gasteiger partial charge on any atom is 0.490 e. The molecule has 0 bridgehead atoms. The van der Waals surface area contributed by atoms with E-state index in [1.807, 2.05) is 18.3 Å². The van der Waals surface area contributed by atoms with Gasteiger partial charge in [-0.1, -0.05) is 12.1 Å². The SMILES string of the molecule is COc1ncccc1CN1CCN(C)c2ncccc2C1.O=C(O)C(F)(F)F.O=C(O)C(F)(F)F. The van der Waals surface area contributed by atoms with E-state index in [4.69, 9.17) is 24.5 Å². The summed E-state index contributed by atoms with van der Waals surface area (Å²) in [5.41, 5.74) is 2.38. The fourth-order valence-corrected chi connectivity index (χ4v) is 2.72. The van der Waals surface area contributed by atoms with Gasteiger partial charge in [-0.25, -0.2) is 19.6 Å². The molecule has 2 aromatic heterocycles. The van der Waals surface area contributed by atoms with Crippen molar-refractivity contribution >= 4 is 17.8 Å². The maximum absolute atomic E-state index is 10.6. The molecule has 2 aromatic rings. The third-order valence-corrected chi connectivity index (χ3v) is 4.30. The van der Waals surface area contributed by atoms with E-state index in [2.05, 4.69) is 38.9 Å². The number of anilines is 1. The van der Waals surface area contributed by atoms with Gasteiger partial charge in [0.2, 0.25) is 5.88 Å². The van der Waals surface area contributed by atoms with Crippen molar-refractivity contribution in [1.82, 2.24) is 14.9 Å². The van der Waals surface area contributed by atoms with Gasteiger partial charge < -0.3 is 19.8 Å². The fraction of sp³-hybridized carbons (Fsp3) is 0.400. The highest BCUT2D eigenvalue weighted by atomic mass is 19.4. The van der Waals surface area contributed by atoms with Gasteiger partial charge in [0.1, 0.15) is 5.82 Å². The van der Waals surface area contributed by atoms with Crippen LogP contribution in [-0.4, -0.2) is 76.6 Å². The largest absolute Gasteiger partial charge is 0.490 e. The predicted octanol–water partition coefficient (Wildman–Crippen LogP) is 3.20. The number of carboxylic acids is 2. The van der Waals surface area contributed by atoms with Gasteiger partial charge in [-0.3, -0.25) is 4.90 Å². The van der Waals surface area contributed by atoms with Crippen LogP contribution in [0.25, 0.3) is 0 Å². The van der Waals surface area contributed by atoms with E-state index < -0.39 is 24.3 Å². The smallest absolute Gasteiger partial charge is 0.481 e. The highest BCUT2D eigenvalue weighted by Gasteiger charge is 2.38. The first kappa shape index (κ1) is 29.4. The van der Waals surface area contributed by atoms with Crippen molar-refractivity contribution in [3.05, 3.63) is 47.8 Å². The fourth-order valence-electron chi connectivity index (χ4n) is 2.72. The number of hydrogen-bond acceptors (Lipinski definition) is 7. The molecule has 0 spiro atoms. The molecule has 0 amide bonds. The number of carboxylic acid groups (broad SMARTS) is 2. The first-order valence-electron chi connectivity index (χ1n) is 9.62. The lowest BCUT2D eigenvalue weighted by atomic mass is 10.2. The van der Waals surface area contributed by atoms with Crippen LogP contribution in [0.4, 0.5) is 32.2 Å². The highest BCUT2D eigenvalue weighted by Crippen LogP contribution is 2.24. The van der Waals surface area contributed by atoms with Gasteiger partial charge in [-0.2, -0.15) is 26.3 Å². The molecule has 9 nitrogen and oxygen atoms in total. The number of likely N-dealkylation sites (N-methyl/N-ethyl adjacent to an activating group) is 1. The molecule has 0 atom stereocenters. The number of pyridine rings is 2. The molecule has 0 fully saturated rings. The Bertz CT molecular complexity index is 963. The molecule has 1 aliphatic rings. The van der Waals surface area contributed by atoms with Gasteiger partial charge in [0, 0.05) is 56.7 Å². The summed E-state index contributed by atoms with van der Waals surface area (Å²) in [6.45, 7) is 3.68. The van der Waals surface area contributed by atoms with E-state index in [9.17, 15) is 26.3 Å². The predicted molar refractivity (Wildman–Crippen MR) is 110 cm³/mol. The second kappa shape index (κ2) is 12.7. The van der Waals surface area contributed by atoms with Gasteiger partial charge >= 0.3 is 24.3 Å². The maximum atomic E-state index is 10.6. The monoisotopic (exact) mass is 512 g/mol. The number of alkyl halides is 6. The summed E-state index contributed by atoms with van der Waals surface area (Å²) in [6.07, 6.45) is -6.55. The molecule has 0 aromatic carbocycles. The van der Waals surface area contributed by atoms with Gasteiger partial charge in [0.15, 0.2) is 0 Å². The Hall–Kier alpha value is -3.62. The molecule has 0 saturated carbocycles. The second-order valence-electron chi connectivity index (χ2n) is 6.90. The molecular weight excluding hydrogens is 490 g/mol. The number of nitrogens with zero attached hydrogens (tertiary/aromatic N) is 4. The minimum absolute atomic E-state index is 0.710. The number of carbonyl (C=O) groups is 2. The first-order chi connectivity index (χ1) is 16.2. The van der Waals surface area contributed by atoms with Crippen molar-refractivity contribution in [1.29, 1.82) is 0 Å². The summed E-state index contributed by atoms with van der Waals surface area (Å²) < 4.78 is 68.8. The summed E-state index contributed by atoms with van der Waals surface area (Å²) in [7, 11) is 3.77. The number of ether oxygens (including phenoxy) is 1. The van der Waals surface area contributed by atoms with Crippen LogP contribution in [0.3, 0.4) is 0 Å². The zero-order valence-corrected chi connectivity index (χ0v) is 18.5. The van der Waals surface area contributed by atoms with Crippen molar-refractivity contribution in [3.63, 3.8) is 0 Å². The minimum atomic E-state index is -5.08. The van der Waals surface area contributed by atoms with Crippen molar-refractivity contribution in [2.75, 3.05) is 32.1 Å². The molecular formula is C20H22F6N4O5. The van der Waals surface area contributed by atoms with Crippen LogP contribution >= 0.6 is 0 Å². The molecule has 1 aliphatic heterocycles. The summed E-state index contributed by atoms with van der Waals surface area (Å²) in [6, 6.07) is 8.18. The van der Waals surface area contributed by atoms with Crippen LogP contribution < -0.4 is 9.64 Å². The molecule has 0 saturated heterocycles. The summed E-state index contributed by atoms with van der Waals surface area (Å²) in [5, 5.41) is 14.2. The van der Waals surface area contributed by atoms with Gasteiger partial charge in [0.05, 0.1) is 7.11 Å². The summed E-state index contributed by atoms with van der Waals surface area (Å²) in [5.74, 6) is -3.72. The van der Waals surface area contributed by atoms with E-state index in [1.165, 1.54) is 5.56 Å². The van der Waals surface area contributed by atoms with Crippen LogP contribution in [0.1, 0.15) is 11.1 Å². The van der Waals surface area contributed by atoms with Crippen molar-refractivity contribution in [3.8, 4) is 5.88 Å². The average molecular weight is 512 g/mol. The Balaban J connectivity index is 0.000000362. The summed E-state index contributed by atoms with van der Waals surface area (Å²) >= 11 is 0. The number of rotatable bonds is 3. The number of fused-ring (bicyclic) bond motifs is 1. The van der Waals surface area contributed by atoms with Crippen LogP contribution in [0.15, 0.2) is 36.7 Å². The van der Waals surface area contributed by atoms with Gasteiger partial charge in [-0.15, -0.1) is 0 Å². The lowest BCUT2D eigenvalue weighted by Crippen LogP contribution is -2.29. The van der Waals surface area contributed by atoms with Crippen molar-refractivity contribution < 1.29 is 50.9 Å². The van der Waals surface area contributed by atoms with Gasteiger partial charge in [0.25, 0.3) is 0 Å². The Kier molecular flexibility index (Phi) is 10.7. The second-order valence-corrected chi connectivity index (χ2v) is 6.90. The quantitative estimate of drug-likeness (QED) is 0.598. The zero-order chi connectivity index (χ0) is 26.8. The van der Waals surface area contributed by atoms with E-state index in [0.717, 1.165) is 37.6 Å². The standard InChI is InChI=1S/C16H20N4O.2C2HF3O2/c1-19-9-10-20(11-13-5-3-7-17-15(13)19)12-14-6-4-8-18-16(14)21-2;2*3-2(4,5)1(6)7/h3-8H,9-12H2,1-2H3;2*(H,6,7). The molecule has 3 rings (SSSR count). The van der Waals surface area contributed by atoms with E-state index in [1.54, 1.807) is 13.3 Å². The van der Waals surface area contributed by atoms with E-state index in [-0.39, 0.29) is 0 Å². The molecule has 194 valence electrons. The van der Waals surface area contributed by atoms with Crippen molar-refractivity contribution in [2.24, 2.45) is 0 Å². The molecule has 0 unspecified atom stereocenters. The molecule has 0 radical (unpaired) electrons. The molecule has 2 N–H and O–H groups in total. The van der Waals surface area contributed by atoms with E-state index >= 15 is 0 Å².